The van der Waals surface area contributed by atoms with Crippen LogP contribution in [0.4, 0.5) is 13.2 Å². The first-order valence-corrected chi connectivity index (χ1v) is 5.53. The Hall–Kier alpha value is -1.26. The molecule has 0 aliphatic carbocycles. The predicted molar refractivity (Wildman–Crippen MR) is 63.2 cm³/mol. The van der Waals surface area contributed by atoms with Crippen LogP contribution in [0.5, 0.6) is 5.75 Å². The number of nitrogens with zero attached hydrogens (tertiary/aromatic N) is 1. The lowest BCUT2D eigenvalue weighted by molar-refractivity contribution is -0.141. The van der Waals surface area contributed by atoms with Crippen LogP contribution in [0.1, 0.15) is 39.0 Å². The molecule has 1 rings (SSSR count). The zero-order valence-electron chi connectivity index (χ0n) is 11.1. The predicted octanol–water partition coefficient (Wildman–Crippen LogP) is 4.47. The molecule has 0 unspecified atom stereocenters. The lowest BCUT2D eigenvalue weighted by Crippen LogP contribution is -2.08. The van der Waals surface area contributed by atoms with Crippen LogP contribution in [-0.2, 0) is 6.18 Å². The van der Waals surface area contributed by atoms with Gasteiger partial charge in [-0.2, -0.15) is 13.2 Å². The number of hydrogen-bond donors (Lipinski definition) is 0. The summed E-state index contributed by atoms with van der Waals surface area (Å²) in [7, 11) is 1.39. The fourth-order valence-electron chi connectivity index (χ4n) is 0.912. The summed E-state index contributed by atoms with van der Waals surface area (Å²) in [6, 6.07) is 0.957. The van der Waals surface area contributed by atoms with Crippen molar-refractivity contribution in [2.24, 2.45) is 0 Å². The maximum atomic E-state index is 12.1. The van der Waals surface area contributed by atoms with E-state index in [0.717, 1.165) is 12.3 Å². The minimum Gasteiger partial charge on any atom is -0.495 e. The number of rotatable bonds is 1. The average Bonchev–Trinajstić information content (AvgIpc) is 2.33. The Kier molecular flexibility index (Phi) is 9.42. The normalized spacial score (nSPS) is 9.47. The van der Waals surface area contributed by atoms with Crippen molar-refractivity contribution < 1.29 is 17.9 Å². The molecule has 0 N–H and O–H groups in total. The SMILES string of the molecule is CC.CC.COc1cnc(C(F)(F)F)cc1C. The summed E-state index contributed by atoms with van der Waals surface area (Å²) in [6.07, 6.45) is -3.32. The molecule has 1 aromatic rings. The van der Waals surface area contributed by atoms with E-state index in [2.05, 4.69) is 4.98 Å². The Morgan fingerprint density at radius 3 is 1.88 bits per heavy atom. The lowest BCUT2D eigenvalue weighted by atomic mass is 10.2. The van der Waals surface area contributed by atoms with Gasteiger partial charge in [0.15, 0.2) is 0 Å². The Morgan fingerprint density at radius 1 is 1.12 bits per heavy atom. The first-order valence-electron chi connectivity index (χ1n) is 5.53. The summed E-state index contributed by atoms with van der Waals surface area (Å²) in [5, 5.41) is 0. The number of methoxy groups -OCH3 is 1. The number of aromatic nitrogens is 1. The van der Waals surface area contributed by atoms with E-state index in [0.29, 0.717) is 11.3 Å². The third-order valence-corrected chi connectivity index (χ3v) is 1.57. The highest BCUT2D eigenvalue weighted by Gasteiger charge is 2.32. The van der Waals surface area contributed by atoms with Crippen LogP contribution in [0.25, 0.3) is 0 Å². The van der Waals surface area contributed by atoms with Crippen molar-refractivity contribution in [2.75, 3.05) is 7.11 Å². The molecule has 0 saturated heterocycles. The second kappa shape index (κ2) is 8.84. The van der Waals surface area contributed by atoms with Crippen LogP contribution in [-0.4, -0.2) is 12.1 Å². The van der Waals surface area contributed by atoms with E-state index in [1.54, 1.807) is 0 Å². The molecule has 0 aliphatic rings. The quantitative estimate of drug-likeness (QED) is 0.734. The summed E-state index contributed by atoms with van der Waals surface area (Å²) >= 11 is 0. The van der Waals surface area contributed by atoms with Gasteiger partial charge in [-0.25, -0.2) is 4.98 Å². The van der Waals surface area contributed by atoms with Crippen molar-refractivity contribution in [1.82, 2.24) is 4.98 Å². The van der Waals surface area contributed by atoms with Gasteiger partial charge in [0.05, 0.1) is 13.3 Å². The summed E-state index contributed by atoms with van der Waals surface area (Å²) in [5.74, 6) is 0.355. The van der Waals surface area contributed by atoms with E-state index >= 15 is 0 Å². The van der Waals surface area contributed by atoms with Crippen molar-refractivity contribution >= 4 is 0 Å². The number of halogens is 3. The van der Waals surface area contributed by atoms with E-state index in [1.165, 1.54) is 14.0 Å². The van der Waals surface area contributed by atoms with Gasteiger partial charge >= 0.3 is 6.18 Å². The second-order valence-corrected chi connectivity index (χ2v) is 2.54. The zero-order valence-corrected chi connectivity index (χ0v) is 11.1. The van der Waals surface area contributed by atoms with Crippen molar-refractivity contribution in [3.63, 3.8) is 0 Å². The van der Waals surface area contributed by atoms with Crippen LogP contribution in [0.3, 0.4) is 0 Å². The highest BCUT2D eigenvalue weighted by Crippen LogP contribution is 2.29. The van der Waals surface area contributed by atoms with E-state index in [4.69, 9.17) is 4.74 Å². The van der Waals surface area contributed by atoms with Crippen LogP contribution >= 0.6 is 0 Å². The molecule has 0 atom stereocenters. The summed E-state index contributed by atoms with van der Waals surface area (Å²) in [5.41, 5.74) is -0.476. The lowest BCUT2D eigenvalue weighted by Gasteiger charge is -2.08. The molecule has 100 valence electrons. The second-order valence-electron chi connectivity index (χ2n) is 2.54. The molecule has 2 nitrogen and oxygen atoms in total. The Bertz CT molecular complexity index is 311. The van der Waals surface area contributed by atoms with Gasteiger partial charge in [0.2, 0.25) is 0 Å². The third kappa shape index (κ3) is 6.14. The van der Waals surface area contributed by atoms with Gasteiger partial charge in [-0.15, -0.1) is 0 Å². The first kappa shape index (κ1) is 18.1. The van der Waals surface area contributed by atoms with E-state index < -0.39 is 11.9 Å². The van der Waals surface area contributed by atoms with Crippen molar-refractivity contribution in [3.05, 3.63) is 23.5 Å². The van der Waals surface area contributed by atoms with E-state index in [1.807, 2.05) is 27.7 Å². The van der Waals surface area contributed by atoms with Crippen molar-refractivity contribution in [3.8, 4) is 5.75 Å². The molecule has 0 aromatic carbocycles. The van der Waals surface area contributed by atoms with Gasteiger partial charge in [0.1, 0.15) is 11.4 Å². The summed E-state index contributed by atoms with van der Waals surface area (Å²) < 4.78 is 41.1. The number of alkyl halides is 3. The van der Waals surface area contributed by atoms with Gasteiger partial charge in [-0.3, -0.25) is 0 Å². The molecular formula is C12H20F3NO. The van der Waals surface area contributed by atoms with Gasteiger partial charge in [-0.05, 0) is 18.6 Å². The minimum absolute atomic E-state index is 0.355. The summed E-state index contributed by atoms with van der Waals surface area (Å²) in [6.45, 7) is 9.54. The molecule has 17 heavy (non-hydrogen) atoms. The Morgan fingerprint density at radius 2 is 1.59 bits per heavy atom. The molecule has 0 spiro atoms. The topological polar surface area (TPSA) is 22.1 Å². The standard InChI is InChI=1S/C8H8F3NO.2C2H6/c1-5-3-7(8(9,10)11)12-4-6(5)13-2;2*1-2/h3-4H,1-2H3;2*1-2H3. The Balaban J connectivity index is 0. The highest BCUT2D eigenvalue weighted by molar-refractivity contribution is 5.31. The van der Waals surface area contributed by atoms with Crippen molar-refractivity contribution in [1.29, 1.82) is 0 Å². The minimum atomic E-state index is -4.39. The van der Waals surface area contributed by atoms with Crippen LogP contribution in [0, 0.1) is 6.92 Å². The van der Waals surface area contributed by atoms with Crippen LogP contribution < -0.4 is 4.74 Å². The molecule has 0 radical (unpaired) electrons. The molecule has 1 aromatic heterocycles. The monoisotopic (exact) mass is 251 g/mol. The van der Waals surface area contributed by atoms with Gasteiger partial charge < -0.3 is 4.74 Å². The zero-order chi connectivity index (χ0) is 14.1. The Labute approximate surface area is 101 Å². The van der Waals surface area contributed by atoms with Gasteiger partial charge in [0, 0.05) is 0 Å². The molecule has 0 aliphatic heterocycles. The van der Waals surface area contributed by atoms with Crippen molar-refractivity contribution in [2.45, 2.75) is 40.8 Å². The number of pyridine rings is 1. The molecule has 1 heterocycles. The molecule has 5 heteroatoms. The molecular weight excluding hydrogens is 231 g/mol. The maximum absolute atomic E-state index is 12.1. The van der Waals surface area contributed by atoms with Gasteiger partial charge in [0.25, 0.3) is 0 Å². The fourth-order valence-corrected chi connectivity index (χ4v) is 0.912. The maximum Gasteiger partial charge on any atom is 0.433 e. The van der Waals surface area contributed by atoms with Gasteiger partial charge in [-0.1, -0.05) is 27.7 Å². The summed E-state index contributed by atoms with van der Waals surface area (Å²) in [4.78, 5) is 3.23. The first-order chi connectivity index (χ1) is 7.95. The number of aryl methyl sites for hydroxylation is 1. The van der Waals surface area contributed by atoms with E-state index in [-0.39, 0.29) is 0 Å². The smallest absolute Gasteiger partial charge is 0.433 e. The number of ether oxygens (including phenoxy) is 1. The van der Waals surface area contributed by atoms with E-state index in [9.17, 15) is 13.2 Å². The van der Waals surface area contributed by atoms with Crippen LogP contribution in [0.2, 0.25) is 0 Å². The fraction of sp³-hybridized carbons (Fsp3) is 0.583. The highest BCUT2D eigenvalue weighted by atomic mass is 19.4. The average molecular weight is 251 g/mol. The number of hydrogen-bond acceptors (Lipinski definition) is 2. The molecule has 0 saturated carbocycles. The largest absolute Gasteiger partial charge is 0.495 e. The third-order valence-electron chi connectivity index (χ3n) is 1.57. The molecule has 0 fully saturated rings. The molecule has 0 amide bonds. The molecule has 0 bridgehead atoms. The van der Waals surface area contributed by atoms with Crippen LogP contribution in [0.15, 0.2) is 12.3 Å².